The van der Waals surface area contributed by atoms with Gasteiger partial charge < -0.3 is 23.7 Å². The lowest BCUT2D eigenvalue weighted by molar-refractivity contribution is -0.142. The number of aryl methyl sites for hydroxylation is 1. The number of carbonyl (C=O) groups is 3. The van der Waals surface area contributed by atoms with Gasteiger partial charge in [-0.25, -0.2) is 4.79 Å². The molecule has 0 saturated carbocycles. The number of rotatable bonds is 8. The molecule has 0 bridgehead atoms. The first kappa shape index (κ1) is 18.6. The molecule has 0 aromatic carbocycles. The minimum atomic E-state index is -0.610. The minimum Gasteiger partial charge on any atom is -0.463 e. The Balaban J connectivity index is 1.64. The van der Waals surface area contributed by atoms with Gasteiger partial charge in [0.15, 0.2) is 5.82 Å². The van der Waals surface area contributed by atoms with E-state index in [-0.39, 0.29) is 29.8 Å². The Bertz CT molecular complexity index is 753. The van der Waals surface area contributed by atoms with Gasteiger partial charge in [0, 0.05) is 6.07 Å². The van der Waals surface area contributed by atoms with Crippen LogP contribution in [0.25, 0.3) is 0 Å². The quantitative estimate of drug-likeness (QED) is 0.695. The molecule has 134 valence electrons. The van der Waals surface area contributed by atoms with Gasteiger partial charge in [-0.05, 0) is 19.1 Å². The van der Waals surface area contributed by atoms with Crippen molar-refractivity contribution in [1.82, 2.24) is 5.16 Å². The second-order valence-corrected chi connectivity index (χ2v) is 5.77. The van der Waals surface area contributed by atoms with E-state index in [0.717, 1.165) is 11.8 Å². The van der Waals surface area contributed by atoms with Crippen LogP contribution in [0.5, 0.6) is 0 Å². The molecule has 10 heteroatoms. The Morgan fingerprint density at radius 3 is 2.76 bits per heavy atom. The molecule has 2 rings (SSSR count). The average molecular weight is 368 g/mol. The van der Waals surface area contributed by atoms with E-state index < -0.39 is 11.9 Å². The average Bonchev–Trinajstić information content (AvgIpc) is 3.21. The molecule has 2 heterocycles. The molecule has 0 aliphatic heterocycles. The smallest absolute Gasteiger partial charge is 0.373 e. The van der Waals surface area contributed by atoms with Gasteiger partial charge >= 0.3 is 11.9 Å². The molecule has 0 aliphatic carbocycles. The number of thioether (sulfide) groups is 1. The summed E-state index contributed by atoms with van der Waals surface area (Å²) in [7, 11) is 1.24. The summed E-state index contributed by atoms with van der Waals surface area (Å²) in [5.74, 6) is -0.109. The number of carbonyl (C=O) groups excluding carboxylic acids is 3. The fourth-order valence-electron chi connectivity index (χ4n) is 1.69. The first-order chi connectivity index (χ1) is 12.0. The summed E-state index contributed by atoms with van der Waals surface area (Å²) in [5, 5.41) is 6.17. The highest BCUT2D eigenvalue weighted by Crippen LogP contribution is 2.12. The number of esters is 2. The SMILES string of the molecule is COC(=O)c1ccc(COC(=O)CSCC(=O)Nc2cc(C)on2)o1. The summed E-state index contributed by atoms with van der Waals surface area (Å²) >= 11 is 1.09. The Kier molecular flexibility index (Phi) is 6.63. The normalized spacial score (nSPS) is 10.3. The van der Waals surface area contributed by atoms with Crippen molar-refractivity contribution >= 4 is 35.4 Å². The molecule has 0 unspecified atom stereocenters. The van der Waals surface area contributed by atoms with Crippen LogP contribution in [0.15, 0.2) is 27.1 Å². The highest BCUT2D eigenvalue weighted by Gasteiger charge is 2.13. The maximum atomic E-state index is 11.7. The predicted octanol–water partition coefficient (Wildman–Crippen LogP) is 1.78. The van der Waals surface area contributed by atoms with Crippen molar-refractivity contribution in [3.8, 4) is 0 Å². The highest BCUT2D eigenvalue weighted by molar-refractivity contribution is 8.00. The molecule has 0 radical (unpaired) electrons. The standard InChI is InChI=1S/C15H16N2O7S/c1-9-5-12(17-24-9)16-13(18)7-25-8-14(19)22-6-10-3-4-11(23-10)15(20)21-2/h3-5H,6-8H2,1-2H3,(H,16,17,18). The maximum absolute atomic E-state index is 11.7. The summed E-state index contributed by atoms with van der Waals surface area (Å²) in [6, 6.07) is 4.53. The van der Waals surface area contributed by atoms with Crippen LogP contribution < -0.4 is 5.32 Å². The van der Waals surface area contributed by atoms with Crippen LogP contribution in [-0.2, 0) is 25.7 Å². The number of nitrogens with zero attached hydrogens (tertiary/aromatic N) is 1. The third kappa shape index (κ3) is 5.99. The molecule has 9 nitrogen and oxygen atoms in total. The van der Waals surface area contributed by atoms with Gasteiger partial charge in [0.05, 0.1) is 18.6 Å². The molecule has 0 aliphatic rings. The lowest BCUT2D eigenvalue weighted by atomic mass is 10.4. The van der Waals surface area contributed by atoms with Crippen LogP contribution in [0.2, 0.25) is 0 Å². The molecule has 0 fully saturated rings. The third-order valence-corrected chi connectivity index (χ3v) is 3.68. The Hall–Kier alpha value is -2.75. The first-order valence-electron chi connectivity index (χ1n) is 7.11. The number of hydrogen-bond acceptors (Lipinski definition) is 9. The van der Waals surface area contributed by atoms with E-state index in [2.05, 4.69) is 15.2 Å². The van der Waals surface area contributed by atoms with E-state index in [9.17, 15) is 14.4 Å². The number of anilines is 1. The van der Waals surface area contributed by atoms with Gasteiger partial charge in [0.25, 0.3) is 0 Å². The lowest BCUT2D eigenvalue weighted by Crippen LogP contribution is -2.16. The summed E-state index contributed by atoms with van der Waals surface area (Å²) in [4.78, 5) is 34.5. The zero-order valence-electron chi connectivity index (χ0n) is 13.6. The maximum Gasteiger partial charge on any atom is 0.373 e. The zero-order chi connectivity index (χ0) is 18.2. The Morgan fingerprint density at radius 2 is 2.08 bits per heavy atom. The van der Waals surface area contributed by atoms with Crippen molar-refractivity contribution in [3.05, 3.63) is 35.5 Å². The van der Waals surface area contributed by atoms with E-state index in [1.54, 1.807) is 13.0 Å². The monoisotopic (exact) mass is 368 g/mol. The summed E-state index contributed by atoms with van der Waals surface area (Å²) in [5.41, 5.74) is 0. The van der Waals surface area contributed by atoms with Gasteiger partial charge in [0.2, 0.25) is 11.7 Å². The summed E-state index contributed by atoms with van der Waals surface area (Å²) in [6.07, 6.45) is 0. The number of nitrogens with one attached hydrogen (secondary N) is 1. The van der Waals surface area contributed by atoms with Crippen LogP contribution in [-0.4, -0.2) is 41.6 Å². The minimum absolute atomic E-state index is 0.00414. The number of amides is 1. The first-order valence-corrected chi connectivity index (χ1v) is 8.27. The van der Waals surface area contributed by atoms with Crippen LogP contribution in [0.4, 0.5) is 5.82 Å². The van der Waals surface area contributed by atoms with E-state index >= 15 is 0 Å². The fourth-order valence-corrected chi connectivity index (χ4v) is 2.30. The van der Waals surface area contributed by atoms with Crippen LogP contribution in [0.3, 0.4) is 0 Å². The van der Waals surface area contributed by atoms with Crippen molar-refractivity contribution in [2.75, 3.05) is 23.9 Å². The molecule has 25 heavy (non-hydrogen) atoms. The highest BCUT2D eigenvalue weighted by atomic mass is 32.2. The Morgan fingerprint density at radius 1 is 1.28 bits per heavy atom. The molecule has 0 atom stereocenters. The summed E-state index contributed by atoms with van der Waals surface area (Å²) in [6.45, 7) is 1.60. The van der Waals surface area contributed by atoms with Gasteiger partial charge in [-0.2, -0.15) is 0 Å². The fraction of sp³-hybridized carbons (Fsp3) is 0.333. The molecule has 1 N–H and O–H groups in total. The van der Waals surface area contributed by atoms with E-state index in [1.807, 2.05) is 0 Å². The number of furan rings is 1. The van der Waals surface area contributed by atoms with Gasteiger partial charge in [0.1, 0.15) is 18.1 Å². The largest absolute Gasteiger partial charge is 0.463 e. The molecular weight excluding hydrogens is 352 g/mol. The van der Waals surface area contributed by atoms with Crippen LogP contribution in [0.1, 0.15) is 22.1 Å². The van der Waals surface area contributed by atoms with Crippen LogP contribution >= 0.6 is 11.8 Å². The van der Waals surface area contributed by atoms with Crippen molar-refractivity contribution in [1.29, 1.82) is 0 Å². The summed E-state index contributed by atoms with van der Waals surface area (Å²) < 4.78 is 19.5. The topological polar surface area (TPSA) is 121 Å². The second kappa shape index (κ2) is 8.92. The number of ether oxygens (including phenoxy) is 2. The van der Waals surface area contributed by atoms with Crippen molar-refractivity contribution in [2.24, 2.45) is 0 Å². The number of hydrogen-bond donors (Lipinski definition) is 1. The van der Waals surface area contributed by atoms with Crippen LogP contribution in [0, 0.1) is 6.92 Å². The molecule has 2 aromatic heterocycles. The van der Waals surface area contributed by atoms with E-state index in [1.165, 1.54) is 19.2 Å². The molecule has 0 saturated heterocycles. The lowest BCUT2D eigenvalue weighted by Gasteiger charge is -2.03. The van der Waals surface area contributed by atoms with E-state index in [4.69, 9.17) is 13.7 Å². The second-order valence-electron chi connectivity index (χ2n) is 4.78. The Labute approximate surface area is 147 Å². The van der Waals surface area contributed by atoms with Crippen molar-refractivity contribution < 1.29 is 32.8 Å². The molecule has 1 amide bonds. The van der Waals surface area contributed by atoms with Gasteiger partial charge in [-0.3, -0.25) is 9.59 Å². The third-order valence-electron chi connectivity index (χ3n) is 2.77. The molecule has 2 aromatic rings. The van der Waals surface area contributed by atoms with Crippen molar-refractivity contribution in [2.45, 2.75) is 13.5 Å². The predicted molar refractivity (Wildman–Crippen MR) is 87.0 cm³/mol. The van der Waals surface area contributed by atoms with E-state index in [0.29, 0.717) is 17.3 Å². The number of methoxy groups -OCH3 is 1. The number of aromatic nitrogens is 1. The van der Waals surface area contributed by atoms with Crippen molar-refractivity contribution in [3.63, 3.8) is 0 Å². The van der Waals surface area contributed by atoms with Gasteiger partial charge in [-0.15, -0.1) is 11.8 Å². The van der Waals surface area contributed by atoms with Gasteiger partial charge in [-0.1, -0.05) is 5.16 Å². The molecule has 0 spiro atoms. The molecular formula is C15H16N2O7S. The zero-order valence-corrected chi connectivity index (χ0v) is 14.4.